The molecule has 1 aromatic heterocycles. The highest BCUT2D eigenvalue weighted by molar-refractivity contribution is 7.99. The third kappa shape index (κ3) is 4.89. The number of hydrogen-bond donors (Lipinski definition) is 1. The van der Waals surface area contributed by atoms with Crippen LogP contribution in [0.1, 0.15) is 33.1 Å². The first-order valence-electron chi connectivity index (χ1n) is 9.32. The van der Waals surface area contributed by atoms with Crippen molar-refractivity contribution in [1.29, 1.82) is 0 Å². The van der Waals surface area contributed by atoms with Gasteiger partial charge in [0.1, 0.15) is 0 Å². The molecule has 2 aromatic rings. The Morgan fingerprint density at radius 3 is 2.92 bits per heavy atom. The minimum Gasteiger partial charge on any atom is -0.376 e. The van der Waals surface area contributed by atoms with Crippen LogP contribution in [0, 0.1) is 0 Å². The Kier molecular flexibility index (Phi) is 6.74. The van der Waals surface area contributed by atoms with Gasteiger partial charge >= 0.3 is 0 Å². The van der Waals surface area contributed by atoms with Crippen LogP contribution in [0.5, 0.6) is 0 Å². The fourth-order valence-corrected chi connectivity index (χ4v) is 3.83. The van der Waals surface area contributed by atoms with E-state index in [2.05, 4.69) is 33.9 Å². The van der Waals surface area contributed by atoms with E-state index >= 15 is 0 Å². The number of rotatable bonds is 8. The predicted octanol–water partition coefficient (Wildman–Crippen LogP) is 3.74. The second-order valence-electron chi connectivity index (χ2n) is 6.70. The molecule has 1 aliphatic heterocycles. The lowest BCUT2D eigenvalue weighted by Gasteiger charge is -2.16. The Balaban J connectivity index is 1.76. The molecule has 0 radical (unpaired) electrons. The van der Waals surface area contributed by atoms with Crippen LogP contribution < -0.4 is 5.32 Å². The zero-order valence-electron chi connectivity index (χ0n) is 15.5. The lowest BCUT2D eigenvalue weighted by atomic mass is 10.1. The molecule has 1 amide bonds. The van der Waals surface area contributed by atoms with Crippen LogP contribution in [-0.2, 0) is 16.1 Å². The van der Waals surface area contributed by atoms with Crippen molar-refractivity contribution in [3.05, 3.63) is 36.5 Å². The van der Waals surface area contributed by atoms with E-state index in [9.17, 15) is 4.79 Å². The molecule has 0 aliphatic carbocycles. The molecular weight excluding hydrogens is 346 g/mol. The number of ether oxygens (including phenoxy) is 1. The van der Waals surface area contributed by atoms with Crippen LogP contribution in [0.25, 0.3) is 11.3 Å². The molecule has 6 heteroatoms. The van der Waals surface area contributed by atoms with Gasteiger partial charge in [0.2, 0.25) is 5.91 Å². The number of amides is 1. The molecule has 140 valence electrons. The van der Waals surface area contributed by atoms with E-state index in [0.717, 1.165) is 48.8 Å². The summed E-state index contributed by atoms with van der Waals surface area (Å²) in [7, 11) is 0. The Bertz CT molecular complexity index is 711. The topological polar surface area (TPSA) is 56.2 Å². The number of thioether (sulfide) groups is 1. The molecule has 3 rings (SSSR count). The van der Waals surface area contributed by atoms with E-state index in [1.165, 1.54) is 11.8 Å². The van der Waals surface area contributed by atoms with Crippen molar-refractivity contribution in [2.75, 3.05) is 12.4 Å². The predicted molar refractivity (Wildman–Crippen MR) is 105 cm³/mol. The minimum atomic E-state index is 0.0530. The van der Waals surface area contributed by atoms with Gasteiger partial charge in [0.05, 0.1) is 30.3 Å². The van der Waals surface area contributed by atoms with Gasteiger partial charge in [-0.15, -0.1) is 0 Å². The quantitative estimate of drug-likeness (QED) is 0.716. The van der Waals surface area contributed by atoms with Crippen molar-refractivity contribution < 1.29 is 9.53 Å². The molecule has 0 bridgehead atoms. The average Bonchev–Trinajstić information content (AvgIpc) is 3.31. The lowest BCUT2D eigenvalue weighted by Crippen LogP contribution is -2.33. The second kappa shape index (κ2) is 9.24. The van der Waals surface area contributed by atoms with E-state index in [0.29, 0.717) is 5.75 Å². The van der Waals surface area contributed by atoms with Crippen molar-refractivity contribution in [3.8, 4) is 11.3 Å². The molecule has 0 saturated carbocycles. The van der Waals surface area contributed by atoms with E-state index < -0.39 is 0 Å². The lowest BCUT2D eigenvalue weighted by molar-refractivity contribution is -0.119. The molecule has 1 N–H and O–H groups in total. The second-order valence-corrected chi connectivity index (χ2v) is 7.65. The van der Waals surface area contributed by atoms with Gasteiger partial charge in [0, 0.05) is 12.6 Å². The average molecular weight is 374 g/mol. The zero-order valence-corrected chi connectivity index (χ0v) is 16.3. The summed E-state index contributed by atoms with van der Waals surface area (Å²) in [5.41, 5.74) is 2.21. The number of benzene rings is 1. The van der Waals surface area contributed by atoms with Crippen LogP contribution in [0.2, 0.25) is 0 Å². The van der Waals surface area contributed by atoms with Crippen LogP contribution in [0.3, 0.4) is 0 Å². The van der Waals surface area contributed by atoms with Crippen LogP contribution in [0.4, 0.5) is 0 Å². The first-order chi connectivity index (χ1) is 12.7. The monoisotopic (exact) mass is 373 g/mol. The van der Waals surface area contributed by atoms with Gasteiger partial charge in [-0.2, -0.15) is 0 Å². The summed E-state index contributed by atoms with van der Waals surface area (Å²) in [4.78, 5) is 16.7. The number of carbonyl (C=O) groups excluding carboxylic acids is 1. The molecular formula is C20H27N3O2S. The molecule has 26 heavy (non-hydrogen) atoms. The summed E-state index contributed by atoms with van der Waals surface area (Å²) in [6.07, 6.45) is 5.24. The van der Waals surface area contributed by atoms with Crippen molar-refractivity contribution in [1.82, 2.24) is 14.9 Å². The SMILES string of the molecule is CCC(C)NC(=O)CSc1ncc(-c2ccccc2)n1CC1CCCO1. The maximum Gasteiger partial charge on any atom is 0.230 e. The fraction of sp³-hybridized carbons (Fsp3) is 0.500. The summed E-state index contributed by atoms with van der Waals surface area (Å²) in [5, 5.41) is 3.88. The van der Waals surface area contributed by atoms with Gasteiger partial charge in [-0.25, -0.2) is 4.98 Å². The van der Waals surface area contributed by atoms with Crippen molar-refractivity contribution in [2.24, 2.45) is 0 Å². The highest BCUT2D eigenvalue weighted by Crippen LogP contribution is 2.28. The first kappa shape index (κ1) is 19.0. The molecule has 2 unspecified atom stereocenters. The Labute approximate surface area is 159 Å². The highest BCUT2D eigenvalue weighted by Gasteiger charge is 2.21. The molecule has 2 heterocycles. The largest absolute Gasteiger partial charge is 0.376 e. The third-order valence-electron chi connectivity index (χ3n) is 4.65. The standard InChI is InChI=1S/C20H27N3O2S/c1-3-15(2)22-19(24)14-26-20-21-12-18(16-8-5-4-6-9-16)23(20)13-17-10-7-11-25-17/h4-6,8-9,12,15,17H,3,7,10-11,13-14H2,1-2H3,(H,22,24). The normalized spacial score (nSPS) is 18.0. The van der Waals surface area contributed by atoms with Gasteiger partial charge in [-0.1, -0.05) is 49.0 Å². The molecule has 2 atom stereocenters. The molecule has 1 fully saturated rings. The number of hydrogen-bond acceptors (Lipinski definition) is 4. The summed E-state index contributed by atoms with van der Waals surface area (Å²) in [6, 6.07) is 10.5. The summed E-state index contributed by atoms with van der Waals surface area (Å²) >= 11 is 1.49. The Morgan fingerprint density at radius 1 is 1.42 bits per heavy atom. The minimum absolute atomic E-state index is 0.0530. The van der Waals surface area contributed by atoms with Gasteiger partial charge < -0.3 is 14.6 Å². The van der Waals surface area contributed by atoms with Gasteiger partial charge in [-0.05, 0) is 31.7 Å². The summed E-state index contributed by atoms with van der Waals surface area (Å²) < 4.78 is 8.03. The molecule has 5 nitrogen and oxygen atoms in total. The first-order valence-corrected chi connectivity index (χ1v) is 10.3. The smallest absolute Gasteiger partial charge is 0.230 e. The number of aromatic nitrogens is 2. The van der Waals surface area contributed by atoms with Crippen molar-refractivity contribution in [3.63, 3.8) is 0 Å². The van der Waals surface area contributed by atoms with Crippen molar-refractivity contribution >= 4 is 17.7 Å². The number of nitrogens with zero attached hydrogens (tertiary/aromatic N) is 2. The molecule has 1 aromatic carbocycles. The number of carbonyl (C=O) groups is 1. The summed E-state index contributed by atoms with van der Waals surface area (Å²) in [5.74, 6) is 0.429. The van der Waals surface area contributed by atoms with E-state index in [4.69, 9.17) is 4.74 Å². The van der Waals surface area contributed by atoms with Gasteiger partial charge in [0.25, 0.3) is 0 Å². The summed E-state index contributed by atoms with van der Waals surface area (Å²) in [6.45, 7) is 5.70. The number of nitrogens with one attached hydrogen (secondary N) is 1. The van der Waals surface area contributed by atoms with E-state index in [1.807, 2.05) is 31.3 Å². The van der Waals surface area contributed by atoms with Crippen LogP contribution >= 0.6 is 11.8 Å². The van der Waals surface area contributed by atoms with E-state index in [-0.39, 0.29) is 18.1 Å². The molecule has 1 saturated heterocycles. The maximum absolute atomic E-state index is 12.1. The van der Waals surface area contributed by atoms with E-state index in [1.54, 1.807) is 0 Å². The Hall–Kier alpha value is -1.79. The molecule has 0 spiro atoms. The van der Waals surface area contributed by atoms with Crippen LogP contribution in [0.15, 0.2) is 41.7 Å². The van der Waals surface area contributed by atoms with Crippen LogP contribution in [-0.4, -0.2) is 40.0 Å². The van der Waals surface area contributed by atoms with Crippen molar-refractivity contribution in [2.45, 2.75) is 57.0 Å². The van der Waals surface area contributed by atoms with Gasteiger partial charge in [-0.3, -0.25) is 4.79 Å². The maximum atomic E-state index is 12.1. The molecule has 1 aliphatic rings. The highest BCUT2D eigenvalue weighted by atomic mass is 32.2. The van der Waals surface area contributed by atoms with Gasteiger partial charge in [0.15, 0.2) is 5.16 Å². The third-order valence-corrected chi connectivity index (χ3v) is 5.64. The zero-order chi connectivity index (χ0) is 18.4. The fourth-order valence-electron chi connectivity index (χ4n) is 3.03. The number of imidazole rings is 1. The Morgan fingerprint density at radius 2 is 2.23 bits per heavy atom.